The molecule has 1 fully saturated rings. The lowest BCUT2D eigenvalue weighted by molar-refractivity contribution is -0.172. The number of halogens is 4. The van der Waals surface area contributed by atoms with Gasteiger partial charge in [0.25, 0.3) is 0 Å². The fourth-order valence-electron chi connectivity index (χ4n) is 0.681. The number of rotatable bonds is 2. The molecule has 2 nitrogen and oxygen atoms in total. The van der Waals surface area contributed by atoms with Crippen molar-refractivity contribution < 1.29 is 9.53 Å². The molecule has 0 aromatic heterocycles. The highest BCUT2D eigenvalue weighted by molar-refractivity contribution is 8.04. The molecule has 0 bridgehead atoms. The summed E-state index contributed by atoms with van der Waals surface area (Å²) >= 11 is 23.1. The van der Waals surface area contributed by atoms with Gasteiger partial charge in [0.15, 0.2) is 0 Å². The smallest absolute Gasteiger partial charge is 0.312 e. The Labute approximate surface area is 93.8 Å². The zero-order valence-corrected chi connectivity index (χ0v) is 9.49. The molecule has 0 N–H and O–H groups in total. The molecule has 0 amide bonds. The van der Waals surface area contributed by atoms with Crippen molar-refractivity contribution in [1.82, 2.24) is 0 Å². The first-order valence-corrected chi connectivity index (χ1v) is 5.42. The number of cyclic esters (lactones) is 1. The molecule has 1 saturated heterocycles. The maximum atomic E-state index is 10.4. The number of alkyl halides is 4. The zero-order valence-electron chi connectivity index (χ0n) is 5.65. The van der Waals surface area contributed by atoms with Gasteiger partial charge in [0, 0.05) is 0 Å². The van der Waals surface area contributed by atoms with Crippen LogP contribution in [0.3, 0.4) is 0 Å². The largest absolute Gasteiger partial charge is 0.441 e. The number of hydrogen-bond donors (Lipinski definition) is 0. The highest BCUT2D eigenvalue weighted by Crippen LogP contribution is 2.44. The van der Waals surface area contributed by atoms with Crippen LogP contribution in [0.1, 0.15) is 6.42 Å². The Morgan fingerprint density at radius 3 is 2.42 bits per heavy atom. The van der Waals surface area contributed by atoms with Crippen molar-refractivity contribution in [3.63, 3.8) is 0 Å². The predicted octanol–water partition coefficient (Wildman–Crippen LogP) is 2.93. The van der Waals surface area contributed by atoms with E-state index in [2.05, 4.69) is 4.74 Å². The van der Waals surface area contributed by atoms with Gasteiger partial charge in [-0.15, -0.1) is 11.8 Å². The van der Waals surface area contributed by atoms with Gasteiger partial charge in [0.2, 0.25) is 8.18 Å². The van der Waals surface area contributed by atoms with Gasteiger partial charge in [0.05, 0.1) is 5.75 Å². The monoisotopic (exact) mass is 268 g/mol. The van der Waals surface area contributed by atoms with E-state index in [-0.39, 0.29) is 18.1 Å². The van der Waals surface area contributed by atoms with E-state index in [0.717, 1.165) is 11.8 Å². The number of carbonyl (C=O) groups is 1. The normalized spacial score (nSPS) is 29.5. The van der Waals surface area contributed by atoms with E-state index < -0.39 is 8.18 Å². The van der Waals surface area contributed by atoms with E-state index in [1.807, 2.05) is 0 Å². The van der Waals surface area contributed by atoms with Crippen LogP contribution in [0.4, 0.5) is 0 Å². The summed E-state index contributed by atoms with van der Waals surface area (Å²) in [4.78, 5) is 10.4. The molecule has 1 unspecified atom stereocenters. The Morgan fingerprint density at radius 1 is 1.58 bits per heavy atom. The van der Waals surface area contributed by atoms with Gasteiger partial charge in [-0.1, -0.05) is 46.4 Å². The first kappa shape index (κ1) is 11.1. The van der Waals surface area contributed by atoms with E-state index in [9.17, 15) is 4.79 Å². The van der Waals surface area contributed by atoms with Gasteiger partial charge in [-0.2, -0.15) is 0 Å². The van der Waals surface area contributed by atoms with Crippen LogP contribution in [0.2, 0.25) is 0 Å². The summed E-state index contributed by atoms with van der Waals surface area (Å²) in [6.45, 7) is 0. The quantitative estimate of drug-likeness (QED) is 0.570. The van der Waals surface area contributed by atoms with Crippen LogP contribution in [0.25, 0.3) is 0 Å². The lowest BCUT2D eigenvalue weighted by Gasteiger charge is -2.34. The van der Waals surface area contributed by atoms with Crippen molar-refractivity contribution >= 4 is 64.1 Å². The molecule has 0 aromatic rings. The van der Waals surface area contributed by atoms with Crippen molar-refractivity contribution in [2.45, 2.75) is 14.6 Å². The molecule has 1 aliphatic heterocycles. The lowest BCUT2D eigenvalue weighted by Crippen LogP contribution is -2.45. The first-order chi connectivity index (χ1) is 5.31. The maximum absolute atomic E-state index is 10.4. The molecule has 0 radical (unpaired) electrons. The lowest BCUT2D eigenvalue weighted by atomic mass is 10.2. The number of ether oxygens (including phenoxy) is 1. The Balaban J connectivity index is 2.29. The van der Waals surface area contributed by atoms with E-state index >= 15 is 0 Å². The first-order valence-electron chi connectivity index (χ1n) is 2.92. The topological polar surface area (TPSA) is 26.3 Å². The van der Waals surface area contributed by atoms with Crippen LogP contribution in [0, 0.1) is 0 Å². The summed E-state index contributed by atoms with van der Waals surface area (Å²) in [6.07, 6.45) is 0.169. The van der Waals surface area contributed by atoms with Crippen LogP contribution in [-0.4, -0.2) is 19.9 Å². The maximum Gasteiger partial charge on any atom is 0.312 e. The summed E-state index contributed by atoms with van der Waals surface area (Å²) < 4.78 is 3.24. The fourth-order valence-corrected chi connectivity index (χ4v) is 2.07. The average molecular weight is 270 g/mol. The number of hydrogen-bond acceptors (Lipinski definition) is 3. The summed E-state index contributed by atoms with van der Waals surface area (Å²) in [7, 11) is 0. The molecule has 0 spiro atoms. The van der Waals surface area contributed by atoms with Gasteiger partial charge in [-0.05, 0) is 0 Å². The van der Waals surface area contributed by atoms with Crippen molar-refractivity contribution in [1.29, 1.82) is 0 Å². The minimum atomic E-state index is -1.41. The van der Waals surface area contributed by atoms with Crippen molar-refractivity contribution in [3.8, 4) is 0 Å². The minimum absolute atomic E-state index is 0.169. The van der Waals surface area contributed by atoms with Crippen LogP contribution >= 0.6 is 58.2 Å². The molecular formula is C5H4Cl4O2S. The zero-order chi connectivity index (χ0) is 9.41. The van der Waals surface area contributed by atoms with Gasteiger partial charge >= 0.3 is 5.97 Å². The number of carbonyl (C=O) groups excluding carboxylic acids is 1. The van der Waals surface area contributed by atoms with Crippen molar-refractivity contribution in [2.24, 2.45) is 0 Å². The van der Waals surface area contributed by atoms with E-state index in [0.29, 0.717) is 0 Å². The molecule has 1 atom stereocenters. The van der Waals surface area contributed by atoms with Gasteiger partial charge in [-0.3, -0.25) is 4.79 Å². The third-order valence-electron chi connectivity index (χ3n) is 1.16. The fraction of sp³-hybridized carbons (Fsp3) is 0.800. The molecule has 12 heavy (non-hydrogen) atoms. The van der Waals surface area contributed by atoms with Crippen molar-refractivity contribution in [2.75, 3.05) is 5.75 Å². The van der Waals surface area contributed by atoms with Crippen LogP contribution in [-0.2, 0) is 9.53 Å². The van der Waals surface area contributed by atoms with Crippen molar-refractivity contribution in [3.05, 3.63) is 0 Å². The molecule has 1 rings (SSSR count). The van der Waals surface area contributed by atoms with E-state index in [4.69, 9.17) is 46.4 Å². The second kappa shape index (κ2) is 3.62. The summed E-state index contributed by atoms with van der Waals surface area (Å²) in [5, 5.41) is -0.967. The molecule has 1 heterocycles. The highest BCUT2D eigenvalue weighted by atomic mass is 35.6. The molecular weight excluding hydrogens is 266 g/mol. The van der Waals surface area contributed by atoms with Crippen LogP contribution < -0.4 is 0 Å². The summed E-state index contributed by atoms with van der Waals surface area (Å²) in [6, 6.07) is 0. The minimum Gasteiger partial charge on any atom is -0.441 e. The summed E-state index contributed by atoms with van der Waals surface area (Å²) in [5.41, 5.74) is 0. The molecule has 1 aliphatic rings. The van der Waals surface area contributed by atoms with Gasteiger partial charge in [0.1, 0.15) is 6.42 Å². The third kappa shape index (κ3) is 3.38. The van der Waals surface area contributed by atoms with E-state index in [1.54, 1.807) is 0 Å². The van der Waals surface area contributed by atoms with E-state index in [1.165, 1.54) is 0 Å². The predicted molar refractivity (Wildman–Crippen MR) is 52.0 cm³/mol. The molecule has 0 saturated carbocycles. The Kier molecular flexibility index (Phi) is 3.33. The number of esters is 1. The standard InChI is InChI=1S/C5H4Cl4O2S/c6-4(1-3(10)11-4)2-12-5(7,8)9/h1-2H2. The summed E-state index contributed by atoms with van der Waals surface area (Å²) in [5.74, 6) is -0.0496. The highest BCUT2D eigenvalue weighted by Gasteiger charge is 2.45. The van der Waals surface area contributed by atoms with Crippen LogP contribution in [0.15, 0.2) is 0 Å². The SMILES string of the molecule is O=C1CC(Cl)(CSC(Cl)(Cl)Cl)O1. The van der Waals surface area contributed by atoms with Crippen LogP contribution in [0.5, 0.6) is 0 Å². The third-order valence-corrected chi connectivity index (χ3v) is 3.58. The molecule has 0 aromatic carbocycles. The second-order valence-corrected chi connectivity index (χ2v) is 7.10. The number of thioether (sulfide) groups is 1. The Morgan fingerprint density at radius 2 is 2.08 bits per heavy atom. The average Bonchev–Trinajstić information content (AvgIpc) is 1.79. The Bertz CT molecular complexity index is 194. The van der Waals surface area contributed by atoms with Gasteiger partial charge < -0.3 is 4.74 Å². The molecule has 7 heteroatoms. The molecule has 70 valence electrons. The molecule has 0 aliphatic carbocycles. The van der Waals surface area contributed by atoms with Gasteiger partial charge in [-0.25, -0.2) is 0 Å². The Hall–Kier alpha value is 0.980. The second-order valence-electron chi connectivity index (χ2n) is 2.27.